The summed E-state index contributed by atoms with van der Waals surface area (Å²) in [5, 5.41) is 6.73. The van der Waals surface area contributed by atoms with Crippen molar-refractivity contribution in [3.63, 3.8) is 0 Å². The van der Waals surface area contributed by atoms with E-state index in [1.54, 1.807) is 12.1 Å². The highest BCUT2D eigenvalue weighted by atomic mass is 32.2. The lowest BCUT2D eigenvalue weighted by molar-refractivity contribution is 0.0538. The fourth-order valence-electron chi connectivity index (χ4n) is 4.39. The van der Waals surface area contributed by atoms with Gasteiger partial charge in [0.2, 0.25) is 10.0 Å². The van der Waals surface area contributed by atoms with Crippen LogP contribution in [0.3, 0.4) is 0 Å². The topological polar surface area (TPSA) is 84.3 Å². The van der Waals surface area contributed by atoms with Crippen molar-refractivity contribution in [2.75, 3.05) is 13.1 Å². The predicted octanol–water partition coefficient (Wildman–Crippen LogP) is 2.40. The van der Waals surface area contributed by atoms with Gasteiger partial charge in [0.05, 0.1) is 16.9 Å². The van der Waals surface area contributed by atoms with Gasteiger partial charge in [-0.2, -0.15) is 18.2 Å². The Balaban J connectivity index is 1.63. The molecule has 1 amide bonds. The van der Waals surface area contributed by atoms with Gasteiger partial charge in [0.25, 0.3) is 5.91 Å². The zero-order chi connectivity index (χ0) is 21.0. The molecule has 2 aliphatic rings. The Kier molecular flexibility index (Phi) is 4.73. The van der Waals surface area contributed by atoms with Crippen LogP contribution in [0.2, 0.25) is 0 Å². The summed E-state index contributed by atoms with van der Waals surface area (Å²) in [6.45, 7) is 0.136. The van der Waals surface area contributed by atoms with E-state index in [4.69, 9.17) is 0 Å². The Morgan fingerprint density at radius 1 is 1.21 bits per heavy atom. The molecule has 1 N–H and O–H groups in total. The second-order valence-corrected chi connectivity index (χ2v) is 9.58. The zero-order valence-electron chi connectivity index (χ0n) is 16.2. The number of sulfonamides is 1. The number of hydrogen-bond donors (Lipinski definition) is 1. The van der Waals surface area contributed by atoms with Gasteiger partial charge >= 0.3 is 6.55 Å². The number of nitrogens with zero attached hydrogens (tertiary/aromatic N) is 3. The number of fused-ring (bicyclic) bond motifs is 1. The maximum absolute atomic E-state index is 13.2. The van der Waals surface area contributed by atoms with E-state index in [-0.39, 0.29) is 35.3 Å². The van der Waals surface area contributed by atoms with Crippen LogP contribution in [0.15, 0.2) is 29.2 Å². The second-order valence-electron chi connectivity index (χ2n) is 7.70. The molecule has 1 unspecified atom stereocenters. The molecule has 0 radical (unpaired) electrons. The molecule has 1 fully saturated rings. The van der Waals surface area contributed by atoms with Crippen molar-refractivity contribution in [1.82, 2.24) is 19.4 Å². The third-order valence-electron chi connectivity index (χ3n) is 5.87. The zero-order valence-corrected chi connectivity index (χ0v) is 17.0. The van der Waals surface area contributed by atoms with E-state index in [0.29, 0.717) is 29.5 Å². The molecule has 1 aromatic heterocycles. The van der Waals surface area contributed by atoms with Gasteiger partial charge in [-0.25, -0.2) is 13.1 Å². The normalized spacial score (nSPS) is 22.7. The molecule has 4 rings (SSSR count). The van der Waals surface area contributed by atoms with Gasteiger partial charge in [0.1, 0.15) is 4.90 Å². The lowest BCUT2D eigenvalue weighted by Crippen LogP contribution is -2.50. The van der Waals surface area contributed by atoms with Crippen molar-refractivity contribution < 1.29 is 22.0 Å². The van der Waals surface area contributed by atoms with Gasteiger partial charge < -0.3 is 5.32 Å². The fraction of sp³-hybridized carbons (Fsp3) is 0.474. The van der Waals surface area contributed by atoms with Crippen LogP contribution in [0.1, 0.15) is 46.7 Å². The number of benzene rings is 1. The third-order valence-corrected chi connectivity index (χ3v) is 7.97. The Hall–Kier alpha value is -2.33. The SMILES string of the molecule is Cc1nn(C(F)F)c(C)c1S(=O)(=O)N1CCC2(CCc3ccccc3C(=O)N2)C1. The molecule has 0 bridgehead atoms. The maximum Gasteiger partial charge on any atom is 0.333 e. The predicted molar refractivity (Wildman–Crippen MR) is 101 cm³/mol. The first-order valence-corrected chi connectivity index (χ1v) is 10.8. The first-order valence-electron chi connectivity index (χ1n) is 9.39. The molecule has 29 heavy (non-hydrogen) atoms. The molecule has 156 valence electrons. The number of rotatable bonds is 3. The molecule has 1 atom stereocenters. The van der Waals surface area contributed by atoms with Gasteiger partial charge in [-0.1, -0.05) is 18.2 Å². The largest absolute Gasteiger partial charge is 0.345 e. The lowest BCUT2D eigenvalue weighted by Gasteiger charge is -2.29. The van der Waals surface area contributed by atoms with Crippen molar-refractivity contribution in [3.05, 3.63) is 46.8 Å². The molecule has 1 aromatic carbocycles. The average Bonchev–Trinajstić information content (AvgIpc) is 3.18. The Morgan fingerprint density at radius 2 is 1.93 bits per heavy atom. The highest BCUT2D eigenvalue weighted by molar-refractivity contribution is 7.89. The van der Waals surface area contributed by atoms with Gasteiger partial charge in [-0.3, -0.25) is 4.79 Å². The molecule has 10 heteroatoms. The summed E-state index contributed by atoms with van der Waals surface area (Å²) in [7, 11) is -4.02. The van der Waals surface area contributed by atoms with E-state index < -0.39 is 22.1 Å². The number of nitrogens with one attached hydrogen (secondary N) is 1. The third kappa shape index (κ3) is 3.24. The van der Waals surface area contributed by atoms with Crippen LogP contribution in [0.5, 0.6) is 0 Å². The van der Waals surface area contributed by atoms with Crippen LogP contribution < -0.4 is 5.32 Å². The van der Waals surface area contributed by atoms with Gasteiger partial charge in [-0.15, -0.1) is 0 Å². The van der Waals surface area contributed by atoms with E-state index in [1.165, 1.54) is 18.2 Å². The lowest BCUT2D eigenvalue weighted by atomic mass is 9.92. The number of halogens is 2. The molecule has 1 spiro atoms. The summed E-state index contributed by atoms with van der Waals surface area (Å²) >= 11 is 0. The molecule has 7 nitrogen and oxygen atoms in total. The molecular formula is C19H22F2N4O3S. The molecule has 3 heterocycles. The number of aromatic nitrogens is 2. The Bertz CT molecular complexity index is 1080. The molecule has 1 saturated heterocycles. The highest BCUT2D eigenvalue weighted by Gasteiger charge is 2.46. The average molecular weight is 424 g/mol. The molecular weight excluding hydrogens is 402 g/mol. The summed E-state index contributed by atoms with van der Waals surface area (Å²) < 4.78 is 54.4. The van der Waals surface area contributed by atoms with Crippen LogP contribution in [0.25, 0.3) is 0 Å². The number of carbonyl (C=O) groups is 1. The summed E-state index contributed by atoms with van der Waals surface area (Å²) in [5.41, 5.74) is 0.824. The molecule has 2 aromatic rings. The van der Waals surface area contributed by atoms with Gasteiger partial charge in [0, 0.05) is 18.7 Å². The number of carbonyl (C=O) groups excluding carboxylic acids is 1. The Morgan fingerprint density at radius 3 is 2.62 bits per heavy atom. The maximum atomic E-state index is 13.2. The van der Waals surface area contributed by atoms with E-state index >= 15 is 0 Å². The number of alkyl halides is 2. The van der Waals surface area contributed by atoms with E-state index in [2.05, 4.69) is 10.4 Å². The number of hydrogen-bond acceptors (Lipinski definition) is 4. The minimum atomic E-state index is -4.02. The summed E-state index contributed by atoms with van der Waals surface area (Å²) in [6, 6.07) is 7.34. The van der Waals surface area contributed by atoms with Crippen LogP contribution >= 0.6 is 0 Å². The van der Waals surface area contributed by atoms with E-state index in [1.807, 2.05) is 12.1 Å². The fourth-order valence-corrected chi connectivity index (χ4v) is 6.28. The first-order chi connectivity index (χ1) is 13.6. The van der Waals surface area contributed by atoms with Crippen LogP contribution in [-0.2, 0) is 16.4 Å². The van der Waals surface area contributed by atoms with Crippen molar-refractivity contribution in [2.24, 2.45) is 0 Å². The standard InChI is InChI=1S/C19H22F2N4O3S/c1-12-16(13(2)25(23-12)18(20)21)29(27,28)24-10-9-19(11-24)8-7-14-5-3-4-6-15(14)17(26)22-19/h3-6,18H,7-11H2,1-2H3,(H,22,26). The van der Waals surface area contributed by atoms with E-state index in [9.17, 15) is 22.0 Å². The summed E-state index contributed by atoms with van der Waals surface area (Å²) in [6.07, 6.45) is 1.73. The summed E-state index contributed by atoms with van der Waals surface area (Å²) in [5.74, 6) is -0.213. The monoisotopic (exact) mass is 424 g/mol. The van der Waals surface area contributed by atoms with Gasteiger partial charge in [-0.05, 0) is 44.7 Å². The first kappa shape index (κ1) is 20.0. The van der Waals surface area contributed by atoms with Gasteiger partial charge in [0.15, 0.2) is 0 Å². The number of amides is 1. The van der Waals surface area contributed by atoms with Crippen LogP contribution in [0, 0.1) is 13.8 Å². The quantitative estimate of drug-likeness (QED) is 0.820. The van der Waals surface area contributed by atoms with Crippen LogP contribution in [0.4, 0.5) is 8.78 Å². The van der Waals surface area contributed by atoms with E-state index in [0.717, 1.165) is 5.56 Å². The van der Waals surface area contributed by atoms with Crippen molar-refractivity contribution in [2.45, 2.75) is 50.1 Å². The van der Waals surface area contributed by atoms with Crippen molar-refractivity contribution in [1.29, 1.82) is 0 Å². The second kappa shape index (κ2) is 6.88. The molecule has 0 aliphatic carbocycles. The number of aryl methyl sites for hydroxylation is 2. The smallest absolute Gasteiger partial charge is 0.333 e. The highest BCUT2D eigenvalue weighted by Crippen LogP contribution is 2.35. The van der Waals surface area contributed by atoms with Crippen molar-refractivity contribution >= 4 is 15.9 Å². The summed E-state index contributed by atoms with van der Waals surface area (Å²) in [4.78, 5) is 12.5. The minimum absolute atomic E-state index is 0.0426. The van der Waals surface area contributed by atoms with Crippen molar-refractivity contribution in [3.8, 4) is 0 Å². The molecule has 0 saturated carbocycles. The minimum Gasteiger partial charge on any atom is -0.345 e. The molecule has 2 aliphatic heterocycles. The Labute approximate surface area is 167 Å². The van der Waals surface area contributed by atoms with Crippen LogP contribution in [-0.4, -0.2) is 47.0 Å².